The van der Waals surface area contributed by atoms with Crippen molar-refractivity contribution in [2.45, 2.75) is 6.92 Å². The van der Waals surface area contributed by atoms with Crippen molar-refractivity contribution < 1.29 is 4.79 Å². The first-order valence-electron chi connectivity index (χ1n) is 5.58. The van der Waals surface area contributed by atoms with Gasteiger partial charge in [0.05, 0.1) is 0 Å². The van der Waals surface area contributed by atoms with Crippen LogP contribution in [0.2, 0.25) is 5.02 Å². The van der Waals surface area contributed by atoms with Crippen LogP contribution in [0, 0.1) is 18.3 Å². The summed E-state index contributed by atoms with van der Waals surface area (Å²) >= 11 is 7.28. The molecule has 0 spiro atoms. The lowest BCUT2D eigenvalue weighted by atomic mass is 10.0. The number of ketones is 1. The maximum absolute atomic E-state index is 12.2. The number of aryl methyl sites for hydroxylation is 1. The fraction of sp³-hybridized carbons (Fsp3) is 0.0667. The van der Waals surface area contributed by atoms with Gasteiger partial charge in [-0.25, -0.2) is 0 Å². The maximum atomic E-state index is 12.2. The average molecular weight is 288 g/mol. The van der Waals surface area contributed by atoms with Crippen molar-refractivity contribution in [3.05, 3.63) is 62.3 Å². The van der Waals surface area contributed by atoms with Gasteiger partial charge in [-0.15, -0.1) is 11.3 Å². The summed E-state index contributed by atoms with van der Waals surface area (Å²) < 4.78 is 0. The highest BCUT2D eigenvalue weighted by Gasteiger charge is 2.12. The Kier molecular flexibility index (Phi) is 4.16. The zero-order valence-corrected chi connectivity index (χ0v) is 11.8. The molecule has 0 aliphatic carbocycles. The van der Waals surface area contributed by atoms with E-state index in [-0.39, 0.29) is 11.4 Å². The predicted molar refractivity (Wildman–Crippen MR) is 78.4 cm³/mol. The normalized spacial score (nSPS) is 11.1. The molecule has 0 saturated carbocycles. The zero-order chi connectivity index (χ0) is 13.8. The third kappa shape index (κ3) is 3.11. The molecule has 0 aliphatic rings. The summed E-state index contributed by atoms with van der Waals surface area (Å²) in [6, 6.07) is 10.4. The number of carbonyl (C=O) groups is 1. The fourth-order valence-corrected chi connectivity index (χ4v) is 2.55. The van der Waals surface area contributed by atoms with Crippen LogP contribution in [-0.2, 0) is 0 Å². The maximum Gasteiger partial charge on any atom is 0.203 e. The molecule has 0 saturated heterocycles. The number of benzene rings is 1. The van der Waals surface area contributed by atoms with Gasteiger partial charge in [0.25, 0.3) is 0 Å². The topological polar surface area (TPSA) is 40.9 Å². The van der Waals surface area contributed by atoms with Gasteiger partial charge in [0.2, 0.25) is 5.78 Å². The number of rotatable bonds is 3. The van der Waals surface area contributed by atoms with Crippen LogP contribution in [0.5, 0.6) is 0 Å². The van der Waals surface area contributed by atoms with E-state index in [0.29, 0.717) is 10.6 Å². The summed E-state index contributed by atoms with van der Waals surface area (Å²) in [5.41, 5.74) is 1.65. The van der Waals surface area contributed by atoms with E-state index in [4.69, 9.17) is 16.9 Å². The van der Waals surface area contributed by atoms with Crippen LogP contribution in [0.4, 0.5) is 0 Å². The fourth-order valence-electron chi connectivity index (χ4n) is 1.57. The second-order valence-corrected chi connectivity index (χ2v) is 5.36. The molecule has 1 aromatic carbocycles. The first-order valence-corrected chi connectivity index (χ1v) is 6.83. The monoisotopic (exact) mass is 287 g/mol. The standard InChI is InChI=1S/C15H10ClNOS/c1-10-6-7-19-14(10)8-12(9-17)15(18)11-2-4-13(16)5-3-11/h2-8H,1H3/b12-8+. The van der Waals surface area contributed by atoms with E-state index < -0.39 is 0 Å². The Labute approximate surface area is 120 Å². The van der Waals surface area contributed by atoms with Crippen molar-refractivity contribution in [3.63, 3.8) is 0 Å². The van der Waals surface area contributed by atoms with Crippen LogP contribution >= 0.6 is 22.9 Å². The van der Waals surface area contributed by atoms with E-state index in [1.54, 1.807) is 30.3 Å². The second-order valence-electron chi connectivity index (χ2n) is 3.97. The Morgan fingerprint density at radius 2 is 2.00 bits per heavy atom. The van der Waals surface area contributed by atoms with Crippen LogP contribution in [0.3, 0.4) is 0 Å². The SMILES string of the molecule is Cc1ccsc1/C=C(\C#N)C(=O)c1ccc(Cl)cc1. The van der Waals surface area contributed by atoms with E-state index in [0.717, 1.165) is 10.4 Å². The third-order valence-electron chi connectivity index (χ3n) is 2.65. The molecule has 0 fully saturated rings. The molecule has 0 radical (unpaired) electrons. The summed E-state index contributed by atoms with van der Waals surface area (Å²) in [6.07, 6.45) is 1.64. The van der Waals surface area contributed by atoms with Gasteiger partial charge in [0.15, 0.2) is 0 Å². The molecule has 0 amide bonds. The van der Waals surface area contributed by atoms with Gasteiger partial charge in [-0.05, 0) is 54.3 Å². The minimum atomic E-state index is -0.285. The van der Waals surface area contributed by atoms with Crippen molar-refractivity contribution >= 4 is 34.8 Å². The number of nitriles is 1. The Morgan fingerprint density at radius 1 is 1.32 bits per heavy atom. The molecule has 0 N–H and O–H groups in total. The first-order chi connectivity index (χ1) is 9.11. The summed E-state index contributed by atoms with van der Waals surface area (Å²) in [6.45, 7) is 1.95. The van der Waals surface area contributed by atoms with Crippen molar-refractivity contribution in [2.24, 2.45) is 0 Å². The summed E-state index contributed by atoms with van der Waals surface area (Å²) in [7, 11) is 0. The van der Waals surface area contributed by atoms with E-state index in [2.05, 4.69) is 0 Å². The smallest absolute Gasteiger partial charge is 0.203 e. The third-order valence-corrected chi connectivity index (χ3v) is 3.87. The van der Waals surface area contributed by atoms with E-state index in [1.165, 1.54) is 11.3 Å². The molecule has 2 aromatic rings. The van der Waals surface area contributed by atoms with Crippen LogP contribution in [0.1, 0.15) is 20.8 Å². The highest BCUT2D eigenvalue weighted by Crippen LogP contribution is 2.21. The average Bonchev–Trinajstić information content (AvgIpc) is 2.81. The molecule has 0 atom stereocenters. The molecule has 2 rings (SSSR count). The van der Waals surface area contributed by atoms with Gasteiger partial charge < -0.3 is 0 Å². The molecule has 19 heavy (non-hydrogen) atoms. The second kappa shape index (κ2) is 5.83. The summed E-state index contributed by atoms with van der Waals surface area (Å²) in [5, 5.41) is 11.6. The molecule has 2 nitrogen and oxygen atoms in total. The van der Waals surface area contributed by atoms with Crippen molar-refractivity contribution in [2.75, 3.05) is 0 Å². The highest BCUT2D eigenvalue weighted by atomic mass is 35.5. The van der Waals surface area contributed by atoms with Crippen molar-refractivity contribution in [3.8, 4) is 6.07 Å². The van der Waals surface area contributed by atoms with Crippen LogP contribution in [-0.4, -0.2) is 5.78 Å². The molecular weight excluding hydrogens is 278 g/mol. The van der Waals surface area contributed by atoms with Crippen LogP contribution < -0.4 is 0 Å². The summed E-state index contributed by atoms with van der Waals surface area (Å²) in [5.74, 6) is -0.285. The van der Waals surface area contributed by atoms with Gasteiger partial charge in [-0.3, -0.25) is 4.79 Å². The van der Waals surface area contributed by atoms with Gasteiger partial charge in [0.1, 0.15) is 11.6 Å². The molecule has 1 aromatic heterocycles. The molecule has 1 heterocycles. The van der Waals surface area contributed by atoms with Gasteiger partial charge >= 0.3 is 0 Å². The number of nitrogens with zero attached hydrogens (tertiary/aromatic N) is 1. The number of hydrogen-bond acceptors (Lipinski definition) is 3. The summed E-state index contributed by atoms with van der Waals surface area (Å²) in [4.78, 5) is 13.1. The number of thiophene rings is 1. The van der Waals surface area contributed by atoms with E-state index >= 15 is 0 Å². The minimum Gasteiger partial charge on any atom is -0.288 e. The largest absolute Gasteiger partial charge is 0.288 e. The lowest BCUT2D eigenvalue weighted by Gasteiger charge is -1.99. The number of allylic oxidation sites excluding steroid dienone is 1. The Hall–Kier alpha value is -1.89. The Balaban J connectivity index is 2.36. The van der Waals surface area contributed by atoms with Gasteiger partial charge in [-0.2, -0.15) is 5.26 Å². The van der Waals surface area contributed by atoms with E-state index in [9.17, 15) is 4.79 Å². The molecule has 0 unspecified atom stereocenters. The number of hydrogen-bond donors (Lipinski definition) is 0. The Bertz CT molecular complexity index is 677. The molecule has 4 heteroatoms. The first kappa shape index (κ1) is 13.5. The number of Topliss-reactive ketones (excluding diaryl/α,β-unsaturated/α-hetero) is 1. The predicted octanol–water partition coefficient (Wildman–Crippen LogP) is 4.50. The van der Waals surface area contributed by atoms with Crippen molar-refractivity contribution in [1.29, 1.82) is 5.26 Å². The Morgan fingerprint density at radius 3 is 2.53 bits per heavy atom. The number of halogens is 1. The zero-order valence-electron chi connectivity index (χ0n) is 10.2. The quantitative estimate of drug-likeness (QED) is 0.474. The lowest BCUT2D eigenvalue weighted by molar-refractivity contribution is 0.104. The van der Waals surface area contributed by atoms with Crippen molar-refractivity contribution in [1.82, 2.24) is 0 Å². The highest BCUT2D eigenvalue weighted by molar-refractivity contribution is 7.11. The van der Waals surface area contributed by atoms with Crippen LogP contribution in [0.25, 0.3) is 6.08 Å². The lowest BCUT2D eigenvalue weighted by Crippen LogP contribution is -2.01. The minimum absolute atomic E-state index is 0.132. The van der Waals surface area contributed by atoms with Gasteiger partial charge in [0, 0.05) is 15.5 Å². The molecule has 0 bridgehead atoms. The molecule has 94 valence electrons. The van der Waals surface area contributed by atoms with E-state index in [1.807, 2.05) is 24.4 Å². The van der Waals surface area contributed by atoms with Crippen LogP contribution in [0.15, 0.2) is 41.3 Å². The molecular formula is C15H10ClNOS. The van der Waals surface area contributed by atoms with Gasteiger partial charge in [-0.1, -0.05) is 11.6 Å². The number of carbonyl (C=O) groups excluding carboxylic acids is 1. The molecule has 0 aliphatic heterocycles.